The second kappa shape index (κ2) is 6.91. The minimum absolute atomic E-state index is 0.104. The number of aliphatic carboxylic acids is 1. The van der Waals surface area contributed by atoms with E-state index in [0.29, 0.717) is 25.7 Å². The number of carbonyl (C=O) groups is 2. The number of carboxylic acids is 1. The first-order valence-corrected chi connectivity index (χ1v) is 7.19. The molecule has 2 amide bonds. The van der Waals surface area contributed by atoms with Gasteiger partial charge in [0, 0.05) is 11.1 Å². The Morgan fingerprint density at radius 3 is 2.18 bits per heavy atom. The molecule has 1 saturated carbocycles. The van der Waals surface area contributed by atoms with Gasteiger partial charge in [0.25, 0.3) is 0 Å². The van der Waals surface area contributed by atoms with Crippen molar-refractivity contribution in [3.05, 3.63) is 28.8 Å². The molecule has 0 bridgehead atoms. The van der Waals surface area contributed by atoms with Crippen LogP contribution in [0.2, 0.25) is 5.02 Å². The Labute approximate surface area is 130 Å². The Morgan fingerprint density at radius 2 is 1.68 bits per heavy atom. The SMILES string of the molecule is O=C(Nc1c(F)cc(Cl)cc1F)NC1CCC(C(=O)O)CC1. The van der Waals surface area contributed by atoms with Gasteiger partial charge in [0.1, 0.15) is 5.69 Å². The molecule has 2 rings (SSSR count). The van der Waals surface area contributed by atoms with Crippen LogP contribution in [0.1, 0.15) is 25.7 Å². The number of halogens is 3. The fourth-order valence-electron chi connectivity index (χ4n) is 2.48. The fraction of sp³-hybridized carbons (Fsp3) is 0.429. The van der Waals surface area contributed by atoms with Crippen molar-refractivity contribution in [3.63, 3.8) is 0 Å². The average Bonchev–Trinajstić information content (AvgIpc) is 2.43. The minimum Gasteiger partial charge on any atom is -0.481 e. The maximum atomic E-state index is 13.6. The van der Waals surface area contributed by atoms with Gasteiger partial charge in [-0.15, -0.1) is 0 Å². The zero-order chi connectivity index (χ0) is 16.3. The predicted octanol–water partition coefficient (Wildman–Crippen LogP) is 3.38. The van der Waals surface area contributed by atoms with Crippen molar-refractivity contribution in [1.29, 1.82) is 0 Å². The van der Waals surface area contributed by atoms with Crippen LogP contribution in [-0.4, -0.2) is 23.1 Å². The molecule has 0 radical (unpaired) electrons. The van der Waals surface area contributed by atoms with E-state index in [4.69, 9.17) is 16.7 Å². The molecule has 0 aromatic heterocycles. The van der Waals surface area contributed by atoms with E-state index >= 15 is 0 Å². The smallest absolute Gasteiger partial charge is 0.319 e. The van der Waals surface area contributed by atoms with Crippen LogP contribution in [0.15, 0.2) is 12.1 Å². The molecule has 5 nitrogen and oxygen atoms in total. The lowest BCUT2D eigenvalue weighted by molar-refractivity contribution is -0.142. The highest BCUT2D eigenvalue weighted by Crippen LogP contribution is 2.25. The predicted molar refractivity (Wildman–Crippen MR) is 76.9 cm³/mol. The number of amides is 2. The van der Waals surface area contributed by atoms with Crippen LogP contribution >= 0.6 is 11.6 Å². The molecule has 0 unspecified atom stereocenters. The largest absolute Gasteiger partial charge is 0.481 e. The van der Waals surface area contributed by atoms with Gasteiger partial charge < -0.3 is 15.7 Å². The third kappa shape index (κ3) is 4.07. The van der Waals surface area contributed by atoms with E-state index in [1.54, 1.807) is 0 Å². The highest BCUT2D eigenvalue weighted by atomic mass is 35.5. The van der Waals surface area contributed by atoms with E-state index < -0.39 is 35.2 Å². The highest BCUT2D eigenvalue weighted by molar-refractivity contribution is 6.30. The van der Waals surface area contributed by atoms with Gasteiger partial charge in [0.05, 0.1) is 5.92 Å². The molecule has 1 fully saturated rings. The van der Waals surface area contributed by atoms with Crippen molar-refractivity contribution >= 4 is 29.3 Å². The molecule has 0 spiro atoms. The number of urea groups is 1. The van der Waals surface area contributed by atoms with E-state index in [0.717, 1.165) is 12.1 Å². The van der Waals surface area contributed by atoms with Crippen molar-refractivity contribution in [2.75, 3.05) is 5.32 Å². The molecule has 3 N–H and O–H groups in total. The van der Waals surface area contributed by atoms with Crippen molar-refractivity contribution in [2.45, 2.75) is 31.7 Å². The van der Waals surface area contributed by atoms with Gasteiger partial charge in [-0.05, 0) is 37.8 Å². The van der Waals surface area contributed by atoms with Crippen LogP contribution in [0.25, 0.3) is 0 Å². The maximum absolute atomic E-state index is 13.6. The summed E-state index contributed by atoms with van der Waals surface area (Å²) in [7, 11) is 0. The fourth-order valence-corrected chi connectivity index (χ4v) is 2.67. The number of hydrogen-bond acceptors (Lipinski definition) is 2. The first-order valence-electron chi connectivity index (χ1n) is 6.81. The molecule has 120 valence electrons. The molecule has 8 heteroatoms. The number of hydrogen-bond donors (Lipinski definition) is 3. The Balaban J connectivity index is 1.90. The van der Waals surface area contributed by atoms with Crippen molar-refractivity contribution < 1.29 is 23.5 Å². The summed E-state index contributed by atoms with van der Waals surface area (Å²) in [6, 6.07) is 0.851. The van der Waals surface area contributed by atoms with Gasteiger partial charge in [-0.1, -0.05) is 11.6 Å². The molecule has 0 saturated heterocycles. The molecular weight excluding hydrogens is 318 g/mol. The monoisotopic (exact) mass is 332 g/mol. The molecule has 1 aromatic carbocycles. The van der Waals surface area contributed by atoms with Crippen molar-refractivity contribution in [2.24, 2.45) is 5.92 Å². The zero-order valence-corrected chi connectivity index (χ0v) is 12.3. The number of rotatable bonds is 3. The summed E-state index contributed by atoms with van der Waals surface area (Å²) in [5.41, 5.74) is -0.568. The highest BCUT2D eigenvalue weighted by Gasteiger charge is 2.27. The maximum Gasteiger partial charge on any atom is 0.319 e. The number of anilines is 1. The van der Waals surface area contributed by atoms with Gasteiger partial charge in [0.15, 0.2) is 11.6 Å². The van der Waals surface area contributed by atoms with E-state index in [1.807, 2.05) is 0 Å². The Bertz CT molecular complexity index is 566. The topological polar surface area (TPSA) is 78.4 Å². The standard InChI is InChI=1S/C14H15ClF2N2O3/c15-8-5-10(16)12(11(17)6-8)19-14(22)18-9-3-1-7(2-4-9)13(20)21/h5-7,9H,1-4H2,(H,20,21)(H2,18,19,22). The molecule has 0 atom stereocenters. The van der Waals surface area contributed by atoms with Crippen molar-refractivity contribution in [1.82, 2.24) is 5.32 Å². The van der Waals surface area contributed by atoms with Gasteiger partial charge in [-0.25, -0.2) is 13.6 Å². The normalized spacial score (nSPS) is 21.2. The summed E-state index contributed by atoms with van der Waals surface area (Å²) < 4.78 is 27.1. The second-order valence-electron chi connectivity index (χ2n) is 5.23. The van der Waals surface area contributed by atoms with Crippen molar-refractivity contribution in [3.8, 4) is 0 Å². The number of carboxylic acid groups (broad SMARTS) is 1. The van der Waals surface area contributed by atoms with Gasteiger partial charge >= 0.3 is 12.0 Å². The lowest BCUT2D eigenvalue weighted by Gasteiger charge is -2.26. The summed E-state index contributed by atoms with van der Waals surface area (Å²) in [5.74, 6) is -3.16. The lowest BCUT2D eigenvalue weighted by atomic mass is 9.86. The van der Waals surface area contributed by atoms with E-state index in [2.05, 4.69) is 10.6 Å². The summed E-state index contributed by atoms with van der Waals surface area (Å²) in [5, 5.41) is 13.5. The molecule has 1 aromatic rings. The Hall–Kier alpha value is -1.89. The van der Waals surface area contributed by atoms with Crippen LogP contribution in [0.3, 0.4) is 0 Å². The summed E-state index contributed by atoms with van der Waals surface area (Å²) in [6.07, 6.45) is 1.94. The Kier molecular flexibility index (Phi) is 5.18. The minimum atomic E-state index is -0.963. The number of carbonyl (C=O) groups excluding carboxylic acids is 1. The number of benzene rings is 1. The lowest BCUT2D eigenvalue weighted by Crippen LogP contribution is -2.41. The zero-order valence-electron chi connectivity index (χ0n) is 11.5. The molecule has 0 heterocycles. The first-order chi connectivity index (χ1) is 10.4. The van der Waals surface area contributed by atoms with Crippen LogP contribution in [-0.2, 0) is 4.79 Å². The number of nitrogens with one attached hydrogen (secondary N) is 2. The van der Waals surface area contributed by atoms with E-state index in [9.17, 15) is 18.4 Å². The quantitative estimate of drug-likeness (QED) is 0.794. The Morgan fingerprint density at radius 1 is 1.14 bits per heavy atom. The average molecular weight is 333 g/mol. The van der Waals surface area contributed by atoms with Crippen LogP contribution in [0.5, 0.6) is 0 Å². The molecule has 22 heavy (non-hydrogen) atoms. The molecule has 1 aliphatic carbocycles. The van der Waals surface area contributed by atoms with Crippen LogP contribution in [0.4, 0.5) is 19.3 Å². The van der Waals surface area contributed by atoms with E-state index in [-0.39, 0.29) is 11.1 Å². The van der Waals surface area contributed by atoms with Crippen LogP contribution in [0, 0.1) is 17.6 Å². The second-order valence-corrected chi connectivity index (χ2v) is 5.67. The van der Waals surface area contributed by atoms with Crippen LogP contribution < -0.4 is 10.6 Å². The molecular formula is C14H15ClF2N2O3. The van der Waals surface area contributed by atoms with Gasteiger partial charge in [-0.3, -0.25) is 4.79 Å². The summed E-state index contributed by atoms with van der Waals surface area (Å²) in [6.45, 7) is 0. The van der Waals surface area contributed by atoms with E-state index in [1.165, 1.54) is 0 Å². The van der Waals surface area contributed by atoms with Gasteiger partial charge in [0.2, 0.25) is 0 Å². The first kappa shape index (κ1) is 16.5. The van der Waals surface area contributed by atoms with Gasteiger partial charge in [-0.2, -0.15) is 0 Å². The molecule has 0 aliphatic heterocycles. The third-order valence-electron chi connectivity index (χ3n) is 3.66. The molecule has 1 aliphatic rings. The summed E-state index contributed by atoms with van der Waals surface area (Å²) in [4.78, 5) is 22.6. The summed E-state index contributed by atoms with van der Waals surface area (Å²) >= 11 is 5.50. The third-order valence-corrected chi connectivity index (χ3v) is 3.88.